The zero-order valence-corrected chi connectivity index (χ0v) is 19.0. The van der Waals surface area contributed by atoms with Crippen molar-refractivity contribution in [2.45, 2.75) is 33.2 Å². The van der Waals surface area contributed by atoms with E-state index >= 15 is 0 Å². The van der Waals surface area contributed by atoms with Gasteiger partial charge >= 0.3 is 0 Å². The third-order valence-corrected chi connectivity index (χ3v) is 6.00. The number of carbonyl (C=O) groups is 1. The molecule has 2 aromatic rings. The average molecular weight is 435 g/mol. The summed E-state index contributed by atoms with van der Waals surface area (Å²) in [5, 5.41) is 2.85. The number of aryl methyl sites for hydroxylation is 2. The van der Waals surface area contributed by atoms with Crippen molar-refractivity contribution in [3.63, 3.8) is 0 Å². The molecule has 0 atom stereocenters. The molecule has 0 spiro atoms. The Kier molecular flexibility index (Phi) is 8.11. The summed E-state index contributed by atoms with van der Waals surface area (Å²) >= 11 is 0. The van der Waals surface area contributed by atoms with E-state index in [-0.39, 0.29) is 12.2 Å². The number of sulfonamides is 1. The molecule has 0 saturated heterocycles. The molecule has 0 radical (unpaired) electrons. The normalized spacial score (nSPS) is 11.1. The number of anilines is 1. The van der Waals surface area contributed by atoms with E-state index in [1.807, 2.05) is 0 Å². The summed E-state index contributed by atoms with van der Waals surface area (Å²) in [5.41, 5.74) is 3.63. The van der Waals surface area contributed by atoms with Crippen LogP contribution in [0.25, 0.3) is 0 Å². The SMILES string of the molecule is CCc1ccc(CC)c(CNC(=O)CN(c2cc(OC)ccc2OC)S(C)(=O)=O)c1. The monoisotopic (exact) mass is 434 g/mol. The maximum absolute atomic E-state index is 12.7. The van der Waals surface area contributed by atoms with Crippen LogP contribution in [0.3, 0.4) is 0 Å². The quantitative estimate of drug-likeness (QED) is 0.622. The van der Waals surface area contributed by atoms with Crippen molar-refractivity contribution >= 4 is 21.6 Å². The van der Waals surface area contributed by atoms with E-state index in [0.29, 0.717) is 18.0 Å². The third kappa shape index (κ3) is 5.89. The van der Waals surface area contributed by atoms with Gasteiger partial charge in [0.15, 0.2) is 0 Å². The van der Waals surface area contributed by atoms with Crippen LogP contribution in [0.1, 0.15) is 30.5 Å². The molecule has 30 heavy (non-hydrogen) atoms. The van der Waals surface area contributed by atoms with Gasteiger partial charge in [0.1, 0.15) is 18.0 Å². The van der Waals surface area contributed by atoms with Gasteiger partial charge in [-0.05, 0) is 41.7 Å². The lowest BCUT2D eigenvalue weighted by molar-refractivity contribution is -0.119. The lowest BCUT2D eigenvalue weighted by atomic mass is 10.0. The van der Waals surface area contributed by atoms with Gasteiger partial charge in [-0.2, -0.15) is 0 Å². The molecule has 0 aromatic heterocycles. The average Bonchev–Trinajstić information content (AvgIpc) is 2.74. The highest BCUT2D eigenvalue weighted by Gasteiger charge is 2.24. The summed E-state index contributed by atoms with van der Waals surface area (Å²) in [4.78, 5) is 12.7. The van der Waals surface area contributed by atoms with E-state index in [1.54, 1.807) is 12.1 Å². The van der Waals surface area contributed by atoms with E-state index in [1.165, 1.54) is 25.8 Å². The maximum atomic E-state index is 12.7. The largest absolute Gasteiger partial charge is 0.497 e. The van der Waals surface area contributed by atoms with Crippen LogP contribution in [-0.2, 0) is 34.2 Å². The number of carbonyl (C=O) groups excluding carboxylic acids is 1. The number of amides is 1. The Morgan fingerprint density at radius 3 is 2.30 bits per heavy atom. The van der Waals surface area contributed by atoms with Gasteiger partial charge < -0.3 is 14.8 Å². The summed E-state index contributed by atoms with van der Waals surface area (Å²) in [5.74, 6) is 0.385. The van der Waals surface area contributed by atoms with Gasteiger partial charge in [-0.1, -0.05) is 32.0 Å². The Labute approximate surface area is 179 Å². The maximum Gasteiger partial charge on any atom is 0.241 e. The van der Waals surface area contributed by atoms with Crippen molar-refractivity contribution in [3.8, 4) is 11.5 Å². The Bertz CT molecular complexity index is 989. The number of ether oxygens (including phenoxy) is 2. The molecule has 1 N–H and O–H groups in total. The first kappa shape index (κ1) is 23.5. The second-order valence-electron chi connectivity index (χ2n) is 6.89. The molecule has 0 saturated carbocycles. The number of hydrogen-bond donors (Lipinski definition) is 1. The van der Waals surface area contributed by atoms with Gasteiger partial charge in [0.2, 0.25) is 15.9 Å². The summed E-state index contributed by atoms with van der Waals surface area (Å²) in [6, 6.07) is 11.0. The molecule has 2 aromatic carbocycles. The Hall–Kier alpha value is -2.74. The van der Waals surface area contributed by atoms with Gasteiger partial charge in [-0.25, -0.2) is 8.42 Å². The minimum Gasteiger partial charge on any atom is -0.497 e. The highest BCUT2D eigenvalue weighted by molar-refractivity contribution is 7.92. The molecule has 164 valence electrons. The van der Waals surface area contributed by atoms with Crippen molar-refractivity contribution < 1.29 is 22.7 Å². The van der Waals surface area contributed by atoms with E-state index in [9.17, 15) is 13.2 Å². The molecule has 7 nitrogen and oxygen atoms in total. The van der Waals surface area contributed by atoms with Crippen LogP contribution < -0.4 is 19.1 Å². The number of hydrogen-bond acceptors (Lipinski definition) is 5. The van der Waals surface area contributed by atoms with E-state index in [0.717, 1.165) is 34.5 Å². The first-order valence-electron chi connectivity index (χ1n) is 9.80. The predicted molar refractivity (Wildman–Crippen MR) is 119 cm³/mol. The molecular weight excluding hydrogens is 404 g/mol. The van der Waals surface area contributed by atoms with Crippen molar-refractivity contribution in [2.75, 3.05) is 31.3 Å². The number of nitrogens with one attached hydrogen (secondary N) is 1. The molecule has 2 rings (SSSR count). The smallest absolute Gasteiger partial charge is 0.241 e. The summed E-state index contributed by atoms with van der Waals surface area (Å²) in [6.45, 7) is 4.11. The van der Waals surface area contributed by atoms with Crippen LogP contribution in [0, 0.1) is 0 Å². The molecule has 8 heteroatoms. The molecule has 0 aliphatic carbocycles. The van der Waals surface area contributed by atoms with E-state index in [2.05, 4.69) is 37.4 Å². The van der Waals surface area contributed by atoms with Gasteiger partial charge in [0.25, 0.3) is 0 Å². The zero-order chi connectivity index (χ0) is 22.3. The van der Waals surface area contributed by atoms with Crippen LogP contribution in [0.4, 0.5) is 5.69 Å². The van der Waals surface area contributed by atoms with Crippen molar-refractivity contribution in [3.05, 3.63) is 53.1 Å². The molecule has 0 aliphatic heterocycles. The van der Waals surface area contributed by atoms with Crippen LogP contribution in [0.5, 0.6) is 11.5 Å². The fourth-order valence-corrected chi connectivity index (χ4v) is 4.01. The Morgan fingerprint density at radius 1 is 1.00 bits per heavy atom. The number of methoxy groups -OCH3 is 2. The fourth-order valence-electron chi connectivity index (χ4n) is 3.16. The molecule has 0 heterocycles. The topological polar surface area (TPSA) is 84.9 Å². The highest BCUT2D eigenvalue weighted by Crippen LogP contribution is 2.33. The lowest BCUT2D eigenvalue weighted by Crippen LogP contribution is -2.40. The van der Waals surface area contributed by atoms with Gasteiger partial charge in [-0.15, -0.1) is 0 Å². The van der Waals surface area contributed by atoms with Gasteiger partial charge in [0.05, 0.1) is 26.2 Å². The first-order valence-corrected chi connectivity index (χ1v) is 11.6. The summed E-state index contributed by atoms with van der Waals surface area (Å²) in [6.07, 6.45) is 2.81. The van der Waals surface area contributed by atoms with Crippen molar-refractivity contribution in [2.24, 2.45) is 0 Å². The standard InChI is InChI=1S/C22H30N2O5S/c1-6-16-8-9-17(7-2)18(12-16)14-23-22(25)15-24(30(5,26)27)20-13-19(28-3)10-11-21(20)29-4/h8-13H,6-7,14-15H2,1-5H3,(H,23,25). The Morgan fingerprint density at radius 2 is 1.73 bits per heavy atom. The van der Waals surface area contributed by atoms with E-state index < -0.39 is 15.9 Å². The summed E-state index contributed by atoms with van der Waals surface area (Å²) < 4.78 is 36.4. The van der Waals surface area contributed by atoms with Crippen LogP contribution >= 0.6 is 0 Å². The van der Waals surface area contributed by atoms with E-state index in [4.69, 9.17) is 9.47 Å². The molecular formula is C22H30N2O5S. The minimum atomic E-state index is -3.74. The van der Waals surface area contributed by atoms with Crippen molar-refractivity contribution in [1.29, 1.82) is 0 Å². The minimum absolute atomic E-state index is 0.247. The third-order valence-electron chi connectivity index (χ3n) is 4.88. The predicted octanol–water partition coefficient (Wildman–Crippen LogP) is 2.91. The van der Waals surface area contributed by atoms with Gasteiger partial charge in [0, 0.05) is 12.6 Å². The zero-order valence-electron chi connectivity index (χ0n) is 18.2. The second-order valence-corrected chi connectivity index (χ2v) is 8.80. The van der Waals surface area contributed by atoms with Crippen LogP contribution in [0.2, 0.25) is 0 Å². The molecule has 0 unspecified atom stereocenters. The summed E-state index contributed by atoms with van der Waals surface area (Å²) in [7, 11) is -0.812. The molecule has 1 amide bonds. The lowest BCUT2D eigenvalue weighted by Gasteiger charge is -2.24. The molecule has 0 aliphatic rings. The molecule has 0 bridgehead atoms. The van der Waals surface area contributed by atoms with Gasteiger partial charge in [-0.3, -0.25) is 9.10 Å². The Balaban J connectivity index is 2.24. The highest BCUT2D eigenvalue weighted by atomic mass is 32.2. The van der Waals surface area contributed by atoms with Crippen molar-refractivity contribution in [1.82, 2.24) is 5.32 Å². The fraction of sp³-hybridized carbons (Fsp3) is 0.409. The molecule has 0 fully saturated rings. The number of nitrogens with zero attached hydrogens (tertiary/aromatic N) is 1. The second kappa shape index (κ2) is 10.3. The first-order chi connectivity index (χ1) is 14.2. The van der Waals surface area contributed by atoms with Crippen LogP contribution in [-0.4, -0.2) is 41.3 Å². The van der Waals surface area contributed by atoms with Crippen LogP contribution in [0.15, 0.2) is 36.4 Å². The number of rotatable bonds is 10. The number of benzene rings is 2.